The van der Waals surface area contributed by atoms with Crippen LogP contribution < -0.4 is 4.74 Å². The molecule has 0 spiro atoms. The molecule has 1 saturated heterocycles. The highest BCUT2D eigenvalue weighted by Gasteiger charge is 2.21. The van der Waals surface area contributed by atoms with Crippen LogP contribution in [0.5, 0.6) is 5.88 Å². The summed E-state index contributed by atoms with van der Waals surface area (Å²) < 4.78 is 5.12. The molecule has 1 fully saturated rings. The minimum atomic E-state index is -0.0333. The highest BCUT2D eigenvalue weighted by molar-refractivity contribution is 5.94. The molecule has 0 aliphatic carbocycles. The van der Waals surface area contributed by atoms with Gasteiger partial charge in [0.2, 0.25) is 5.88 Å². The second-order valence-electron chi connectivity index (χ2n) is 7.18. The Labute approximate surface area is 158 Å². The lowest BCUT2D eigenvalue weighted by molar-refractivity contribution is 0.100. The molecular weight excluding hydrogens is 340 g/mol. The Morgan fingerprint density at radius 2 is 2.07 bits per heavy atom. The van der Waals surface area contributed by atoms with Gasteiger partial charge in [0.1, 0.15) is 0 Å². The van der Waals surface area contributed by atoms with Gasteiger partial charge in [-0.25, -0.2) is 9.97 Å². The molecule has 2 aromatic heterocycles. The van der Waals surface area contributed by atoms with Crippen LogP contribution in [0.25, 0.3) is 11.0 Å². The lowest BCUT2D eigenvalue weighted by atomic mass is 9.89. The Morgan fingerprint density at radius 3 is 2.74 bits per heavy atom. The number of benzene rings is 1. The van der Waals surface area contributed by atoms with Crippen LogP contribution in [0.1, 0.15) is 47.4 Å². The predicted molar refractivity (Wildman–Crippen MR) is 104 cm³/mol. The molecule has 0 bridgehead atoms. The van der Waals surface area contributed by atoms with Crippen molar-refractivity contribution in [3.8, 4) is 5.88 Å². The van der Waals surface area contributed by atoms with E-state index in [-0.39, 0.29) is 5.78 Å². The van der Waals surface area contributed by atoms with E-state index in [0.717, 1.165) is 43.5 Å². The molecule has 6 nitrogen and oxygen atoms in total. The molecule has 0 amide bonds. The van der Waals surface area contributed by atoms with Crippen LogP contribution in [0, 0.1) is 0 Å². The van der Waals surface area contributed by atoms with Crippen LogP contribution in [0.2, 0.25) is 0 Å². The third kappa shape index (κ3) is 3.85. The van der Waals surface area contributed by atoms with E-state index >= 15 is 0 Å². The van der Waals surface area contributed by atoms with E-state index in [1.165, 1.54) is 18.1 Å². The number of pyridine rings is 1. The average molecular weight is 364 g/mol. The van der Waals surface area contributed by atoms with Crippen molar-refractivity contribution in [2.45, 2.75) is 32.2 Å². The van der Waals surface area contributed by atoms with Crippen LogP contribution in [0.15, 0.2) is 36.5 Å². The third-order valence-electron chi connectivity index (χ3n) is 5.31. The number of aromatic nitrogens is 3. The first-order valence-corrected chi connectivity index (χ1v) is 9.34. The lowest BCUT2D eigenvalue weighted by Gasteiger charge is -2.32. The Kier molecular flexibility index (Phi) is 4.90. The van der Waals surface area contributed by atoms with Crippen molar-refractivity contribution in [3.63, 3.8) is 0 Å². The largest absolute Gasteiger partial charge is 0.481 e. The number of hydrogen-bond donors (Lipinski definition) is 1. The van der Waals surface area contributed by atoms with E-state index in [2.05, 4.69) is 38.1 Å². The van der Waals surface area contributed by atoms with Crippen molar-refractivity contribution in [1.82, 2.24) is 19.9 Å². The SMILES string of the molecule is COc1ccc(CN2CCC(c3ccc4nc(C(C)=O)[nH]c4c3)CC2)cn1. The third-order valence-corrected chi connectivity index (χ3v) is 5.31. The smallest absolute Gasteiger partial charge is 0.212 e. The Morgan fingerprint density at radius 1 is 1.26 bits per heavy atom. The van der Waals surface area contributed by atoms with Crippen LogP contribution in [-0.4, -0.2) is 45.8 Å². The van der Waals surface area contributed by atoms with E-state index in [0.29, 0.717) is 17.6 Å². The minimum Gasteiger partial charge on any atom is -0.481 e. The summed E-state index contributed by atoms with van der Waals surface area (Å²) >= 11 is 0. The zero-order valence-corrected chi connectivity index (χ0v) is 15.7. The monoisotopic (exact) mass is 364 g/mol. The highest BCUT2D eigenvalue weighted by atomic mass is 16.5. The molecule has 4 rings (SSSR count). The summed E-state index contributed by atoms with van der Waals surface area (Å²) in [5.41, 5.74) is 4.34. The summed E-state index contributed by atoms with van der Waals surface area (Å²) in [5, 5.41) is 0. The van der Waals surface area contributed by atoms with Crippen LogP contribution in [-0.2, 0) is 6.54 Å². The number of likely N-dealkylation sites (tertiary alicyclic amines) is 1. The number of Topliss-reactive ketones (excluding diaryl/α,β-unsaturated/α-hetero) is 1. The normalized spacial score (nSPS) is 15.9. The van der Waals surface area contributed by atoms with Gasteiger partial charge in [0.25, 0.3) is 0 Å². The Bertz CT molecular complexity index is 940. The van der Waals surface area contributed by atoms with Gasteiger partial charge in [-0.15, -0.1) is 0 Å². The molecule has 0 atom stereocenters. The van der Waals surface area contributed by atoms with Crippen molar-refractivity contribution in [2.24, 2.45) is 0 Å². The number of rotatable bonds is 5. The molecule has 1 aliphatic rings. The van der Waals surface area contributed by atoms with Crippen molar-refractivity contribution in [3.05, 3.63) is 53.5 Å². The maximum Gasteiger partial charge on any atom is 0.212 e. The van der Waals surface area contributed by atoms with Crippen molar-refractivity contribution in [2.75, 3.05) is 20.2 Å². The average Bonchev–Trinajstić information content (AvgIpc) is 3.13. The van der Waals surface area contributed by atoms with Crippen LogP contribution >= 0.6 is 0 Å². The van der Waals surface area contributed by atoms with Crippen LogP contribution in [0.4, 0.5) is 0 Å². The Balaban J connectivity index is 1.39. The van der Waals surface area contributed by atoms with Gasteiger partial charge in [-0.05, 0) is 55.1 Å². The van der Waals surface area contributed by atoms with E-state index in [4.69, 9.17) is 4.74 Å². The first-order valence-electron chi connectivity index (χ1n) is 9.34. The molecule has 27 heavy (non-hydrogen) atoms. The number of hydrogen-bond acceptors (Lipinski definition) is 5. The lowest BCUT2D eigenvalue weighted by Crippen LogP contribution is -2.32. The minimum absolute atomic E-state index is 0.0333. The summed E-state index contributed by atoms with van der Waals surface area (Å²) in [5.74, 6) is 1.60. The maximum atomic E-state index is 11.5. The van der Waals surface area contributed by atoms with E-state index in [1.54, 1.807) is 7.11 Å². The summed E-state index contributed by atoms with van der Waals surface area (Å²) in [6, 6.07) is 10.3. The number of ether oxygens (including phenoxy) is 1. The second-order valence-corrected chi connectivity index (χ2v) is 7.18. The molecule has 0 saturated carbocycles. The van der Waals surface area contributed by atoms with Gasteiger partial charge < -0.3 is 9.72 Å². The molecule has 3 aromatic rings. The standard InChI is InChI=1S/C21H24N4O2/c1-14(26)21-23-18-5-4-17(11-19(18)24-21)16-7-9-25(10-8-16)13-15-3-6-20(27-2)22-12-15/h3-6,11-12,16H,7-10,13H2,1-2H3,(H,23,24). The number of piperidine rings is 1. The first kappa shape index (κ1) is 17.7. The number of imidazole rings is 1. The molecule has 1 aliphatic heterocycles. The topological polar surface area (TPSA) is 71.1 Å². The number of fused-ring (bicyclic) bond motifs is 1. The van der Waals surface area contributed by atoms with Gasteiger partial charge in [0.05, 0.1) is 18.1 Å². The fourth-order valence-electron chi connectivity index (χ4n) is 3.76. The second kappa shape index (κ2) is 7.48. The molecule has 0 unspecified atom stereocenters. The van der Waals surface area contributed by atoms with E-state index in [1.807, 2.05) is 18.3 Å². The number of carbonyl (C=O) groups excluding carboxylic acids is 1. The number of methoxy groups -OCH3 is 1. The molecule has 0 radical (unpaired) electrons. The molecular formula is C21H24N4O2. The van der Waals surface area contributed by atoms with Crippen molar-refractivity contribution < 1.29 is 9.53 Å². The fraction of sp³-hybridized carbons (Fsp3) is 0.381. The summed E-state index contributed by atoms with van der Waals surface area (Å²) in [7, 11) is 1.63. The zero-order valence-electron chi connectivity index (χ0n) is 15.7. The maximum absolute atomic E-state index is 11.5. The van der Waals surface area contributed by atoms with Crippen molar-refractivity contribution in [1.29, 1.82) is 0 Å². The first-order chi connectivity index (χ1) is 13.1. The molecule has 3 heterocycles. The van der Waals surface area contributed by atoms with Gasteiger partial charge in [-0.1, -0.05) is 12.1 Å². The number of H-pyrrole nitrogens is 1. The number of carbonyl (C=O) groups is 1. The number of ketones is 1. The van der Waals surface area contributed by atoms with E-state index in [9.17, 15) is 4.79 Å². The van der Waals surface area contributed by atoms with E-state index < -0.39 is 0 Å². The molecule has 1 N–H and O–H groups in total. The molecule has 6 heteroatoms. The zero-order chi connectivity index (χ0) is 18.8. The van der Waals surface area contributed by atoms with Crippen molar-refractivity contribution >= 4 is 16.8 Å². The fourth-order valence-corrected chi connectivity index (χ4v) is 3.76. The number of aromatic amines is 1. The quantitative estimate of drug-likeness (QED) is 0.701. The van der Waals surface area contributed by atoms with Gasteiger partial charge >= 0.3 is 0 Å². The van der Waals surface area contributed by atoms with Crippen LogP contribution in [0.3, 0.4) is 0 Å². The van der Waals surface area contributed by atoms with Gasteiger partial charge in [0, 0.05) is 25.7 Å². The Hall–Kier alpha value is -2.73. The molecule has 1 aromatic carbocycles. The van der Waals surface area contributed by atoms with Gasteiger partial charge in [-0.2, -0.15) is 0 Å². The number of nitrogens with one attached hydrogen (secondary N) is 1. The van der Waals surface area contributed by atoms with Gasteiger partial charge in [-0.3, -0.25) is 9.69 Å². The summed E-state index contributed by atoms with van der Waals surface area (Å²) in [4.78, 5) is 25.8. The summed E-state index contributed by atoms with van der Waals surface area (Å²) in [6.07, 6.45) is 4.15. The predicted octanol–water partition coefficient (Wildman–Crippen LogP) is 3.55. The highest BCUT2D eigenvalue weighted by Crippen LogP contribution is 2.30. The summed E-state index contributed by atoms with van der Waals surface area (Å²) in [6.45, 7) is 4.59. The van der Waals surface area contributed by atoms with Gasteiger partial charge in [0.15, 0.2) is 11.6 Å². The molecule has 140 valence electrons. The number of nitrogens with zero attached hydrogens (tertiary/aromatic N) is 3.